The van der Waals surface area contributed by atoms with Crippen LogP contribution in [0.15, 0.2) is 18.2 Å². The molecule has 3 heteroatoms. The lowest BCUT2D eigenvalue weighted by atomic mass is 9.94. The van der Waals surface area contributed by atoms with Crippen LogP contribution in [-0.4, -0.2) is 23.0 Å². The largest absolute Gasteiger partial charge is 0.507 e. The van der Waals surface area contributed by atoms with Crippen LogP contribution in [0.2, 0.25) is 0 Å². The van der Waals surface area contributed by atoms with E-state index in [1.807, 2.05) is 19.9 Å². The number of amides is 1. The first-order valence-electron chi connectivity index (χ1n) is 4.57. The Bertz CT molecular complexity index is 410. The summed E-state index contributed by atoms with van der Waals surface area (Å²) in [6.45, 7) is 3.94. The number of carbonyl (C=O) groups excluding carboxylic acids is 1. The van der Waals surface area contributed by atoms with E-state index >= 15 is 0 Å². The predicted octanol–water partition coefficient (Wildman–Crippen LogP) is 1.71. The second-order valence-corrected chi connectivity index (χ2v) is 4.12. The number of nitrogens with zero attached hydrogens (tertiary/aromatic N) is 1. The Labute approximate surface area is 83.0 Å². The van der Waals surface area contributed by atoms with Crippen molar-refractivity contribution in [2.75, 3.05) is 7.05 Å². The number of benzene rings is 1. The molecule has 1 aliphatic rings. The average Bonchev–Trinajstić information content (AvgIpc) is 2.30. The van der Waals surface area contributed by atoms with Crippen molar-refractivity contribution in [3.8, 4) is 5.75 Å². The van der Waals surface area contributed by atoms with Crippen molar-refractivity contribution >= 4 is 5.91 Å². The van der Waals surface area contributed by atoms with Crippen LogP contribution >= 0.6 is 0 Å². The number of aromatic hydroxyl groups is 1. The SMILES string of the molecule is CN1C(=O)c2c(O)cccc2C1(C)C. The molecular weight excluding hydrogens is 178 g/mol. The van der Waals surface area contributed by atoms with Crippen molar-refractivity contribution in [3.05, 3.63) is 29.3 Å². The summed E-state index contributed by atoms with van der Waals surface area (Å²) in [7, 11) is 1.75. The Kier molecular flexibility index (Phi) is 1.62. The van der Waals surface area contributed by atoms with Gasteiger partial charge in [0.25, 0.3) is 5.91 Å². The lowest BCUT2D eigenvalue weighted by Gasteiger charge is -2.28. The Morgan fingerprint density at radius 2 is 2.00 bits per heavy atom. The van der Waals surface area contributed by atoms with E-state index in [1.165, 1.54) is 0 Å². The number of rotatable bonds is 0. The number of fused-ring (bicyclic) bond motifs is 1. The normalized spacial score (nSPS) is 18.5. The van der Waals surface area contributed by atoms with Gasteiger partial charge in [0.1, 0.15) is 5.75 Å². The molecule has 14 heavy (non-hydrogen) atoms. The van der Waals surface area contributed by atoms with Gasteiger partial charge in [-0.15, -0.1) is 0 Å². The molecule has 0 aliphatic carbocycles. The van der Waals surface area contributed by atoms with Crippen molar-refractivity contribution in [1.29, 1.82) is 0 Å². The summed E-state index contributed by atoms with van der Waals surface area (Å²) < 4.78 is 0. The maximum Gasteiger partial charge on any atom is 0.258 e. The van der Waals surface area contributed by atoms with E-state index < -0.39 is 0 Å². The van der Waals surface area contributed by atoms with Crippen LogP contribution in [0.3, 0.4) is 0 Å². The van der Waals surface area contributed by atoms with Crippen LogP contribution in [0.1, 0.15) is 29.8 Å². The first-order valence-corrected chi connectivity index (χ1v) is 4.57. The molecule has 0 unspecified atom stereocenters. The van der Waals surface area contributed by atoms with Gasteiger partial charge in [0, 0.05) is 7.05 Å². The van der Waals surface area contributed by atoms with Crippen molar-refractivity contribution in [2.24, 2.45) is 0 Å². The number of phenolic OH excluding ortho intramolecular Hbond substituents is 1. The van der Waals surface area contributed by atoms with Gasteiger partial charge in [-0.05, 0) is 25.5 Å². The van der Waals surface area contributed by atoms with Crippen molar-refractivity contribution in [3.63, 3.8) is 0 Å². The molecule has 1 aromatic rings. The van der Waals surface area contributed by atoms with E-state index in [0.717, 1.165) is 5.56 Å². The molecule has 0 saturated heterocycles. The van der Waals surface area contributed by atoms with E-state index in [2.05, 4.69) is 0 Å². The van der Waals surface area contributed by atoms with Crippen LogP contribution in [-0.2, 0) is 5.54 Å². The van der Waals surface area contributed by atoms with Crippen LogP contribution in [0.4, 0.5) is 0 Å². The van der Waals surface area contributed by atoms with E-state index in [4.69, 9.17) is 0 Å². The highest BCUT2D eigenvalue weighted by Crippen LogP contribution is 2.40. The molecule has 1 aromatic carbocycles. The van der Waals surface area contributed by atoms with Gasteiger partial charge >= 0.3 is 0 Å². The minimum absolute atomic E-state index is 0.0740. The fourth-order valence-corrected chi connectivity index (χ4v) is 1.88. The second kappa shape index (κ2) is 2.50. The Hall–Kier alpha value is -1.51. The highest BCUT2D eigenvalue weighted by Gasteiger charge is 2.41. The van der Waals surface area contributed by atoms with Gasteiger partial charge in [-0.1, -0.05) is 12.1 Å². The van der Waals surface area contributed by atoms with Gasteiger partial charge in [0.05, 0.1) is 11.1 Å². The van der Waals surface area contributed by atoms with Crippen LogP contribution in [0.5, 0.6) is 5.75 Å². The molecule has 0 bridgehead atoms. The predicted molar refractivity (Wildman–Crippen MR) is 53.2 cm³/mol. The van der Waals surface area contributed by atoms with Gasteiger partial charge < -0.3 is 10.0 Å². The first kappa shape index (κ1) is 9.06. The molecular formula is C11H13NO2. The number of carbonyl (C=O) groups is 1. The molecule has 2 rings (SSSR count). The maximum absolute atomic E-state index is 11.8. The standard InChI is InChI=1S/C11H13NO2/c1-11(2)7-5-4-6-8(13)9(7)10(14)12(11)3/h4-6,13H,1-3H3. The first-order chi connectivity index (χ1) is 6.46. The minimum Gasteiger partial charge on any atom is -0.507 e. The monoisotopic (exact) mass is 191 g/mol. The second-order valence-electron chi connectivity index (χ2n) is 4.12. The molecule has 0 atom stereocenters. The molecule has 74 valence electrons. The van der Waals surface area contributed by atoms with Crippen molar-refractivity contribution in [2.45, 2.75) is 19.4 Å². The molecule has 1 amide bonds. The summed E-state index contributed by atoms with van der Waals surface area (Å²) in [6, 6.07) is 5.20. The maximum atomic E-state index is 11.8. The molecule has 0 spiro atoms. The summed E-state index contributed by atoms with van der Waals surface area (Å²) >= 11 is 0. The topological polar surface area (TPSA) is 40.5 Å². The van der Waals surface area contributed by atoms with E-state index in [-0.39, 0.29) is 17.2 Å². The van der Waals surface area contributed by atoms with Crippen LogP contribution < -0.4 is 0 Å². The van der Waals surface area contributed by atoms with Gasteiger partial charge in [-0.2, -0.15) is 0 Å². The minimum atomic E-state index is -0.328. The number of phenols is 1. The fraction of sp³-hybridized carbons (Fsp3) is 0.364. The third kappa shape index (κ3) is 0.895. The summed E-state index contributed by atoms with van der Waals surface area (Å²) in [5, 5.41) is 9.60. The number of hydrogen-bond donors (Lipinski definition) is 1. The smallest absolute Gasteiger partial charge is 0.258 e. The third-order valence-electron chi connectivity index (χ3n) is 3.06. The van der Waals surface area contributed by atoms with Crippen LogP contribution in [0, 0.1) is 0 Å². The molecule has 3 nitrogen and oxygen atoms in total. The zero-order chi connectivity index (χ0) is 10.5. The highest BCUT2D eigenvalue weighted by atomic mass is 16.3. The molecule has 0 radical (unpaired) electrons. The Balaban J connectivity index is 2.74. The van der Waals surface area contributed by atoms with Gasteiger partial charge in [0.2, 0.25) is 0 Å². The van der Waals surface area contributed by atoms with Crippen LogP contribution in [0.25, 0.3) is 0 Å². The molecule has 1 aliphatic heterocycles. The van der Waals surface area contributed by atoms with E-state index in [9.17, 15) is 9.90 Å². The zero-order valence-corrected chi connectivity index (χ0v) is 8.53. The lowest BCUT2D eigenvalue weighted by molar-refractivity contribution is 0.0689. The number of hydrogen-bond acceptors (Lipinski definition) is 2. The summed E-state index contributed by atoms with van der Waals surface area (Å²) in [4.78, 5) is 13.4. The highest BCUT2D eigenvalue weighted by molar-refractivity contribution is 6.02. The summed E-state index contributed by atoms with van der Waals surface area (Å²) in [6.07, 6.45) is 0. The quantitative estimate of drug-likeness (QED) is 0.678. The third-order valence-corrected chi connectivity index (χ3v) is 3.06. The zero-order valence-electron chi connectivity index (χ0n) is 8.53. The molecule has 1 heterocycles. The lowest BCUT2D eigenvalue weighted by Crippen LogP contribution is -2.35. The molecule has 0 saturated carbocycles. The van der Waals surface area contributed by atoms with E-state index in [1.54, 1.807) is 24.1 Å². The van der Waals surface area contributed by atoms with Crippen molar-refractivity contribution < 1.29 is 9.90 Å². The summed E-state index contributed by atoms with van der Waals surface area (Å²) in [5.74, 6) is -0.0342. The van der Waals surface area contributed by atoms with E-state index in [0.29, 0.717) is 5.56 Å². The van der Waals surface area contributed by atoms with Gasteiger partial charge in [0.15, 0.2) is 0 Å². The fourth-order valence-electron chi connectivity index (χ4n) is 1.88. The van der Waals surface area contributed by atoms with Crippen molar-refractivity contribution in [1.82, 2.24) is 4.90 Å². The molecule has 1 N–H and O–H groups in total. The Morgan fingerprint density at radius 1 is 1.36 bits per heavy atom. The summed E-state index contributed by atoms with van der Waals surface area (Å²) in [5.41, 5.74) is 1.01. The average molecular weight is 191 g/mol. The molecule has 0 aromatic heterocycles. The van der Waals surface area contributed by atoms with Gasteiger partial charge in [-0.25, -0.2) is 0 Å². The van der Waals surface area contributed by atoms with Gasteiger partial charge in [-0.3, -0.25) is 4.79 Å². The Morgan fingerprint density at radius 3 is 2.57 bits per heavy atom. The molecule has 0 fully saturated rings.